The van der Waals surface area contributed by atoms with Gasteiger partial charge in [0.2, 0.25) is 0 Å². The van der Waals surface area contributed by atoms with E-state index < -0.39 is 0 Å². The lowest BCUT2D eigenvalue weighted by Crippen LogP contribution is -2.10. The third-order valence-corrected chi connectivity index (χ3v) is 10.1. The van der Waals surface area contributed by atoms with Gasteiger partial charge in [-0.05, 0) is 106 Å². The molecule has 60 heavy (non-hydrogen) atoms. The maximum atomic E-state index is 5.36. The quantitative estimate of drug-likeness (QED) is 0.0345. The molecule has 0 amide bonds. The Bertz CT molecular complexity index is 1980. The standard InChI is InChI=1S/C54H54N2O4/c1-5-57-39-35-45-15-27-51(28-16-45)55(52-29-17-46(18-30-52)36-40-58-6-2)49-23-11-43(12-24-49)9-10-44-13-25-50(26-14-44)56(53-31-19-47(20-32-53)37-41-59-7-3)54-33-21-48(22-34-54)38-42-60-8-4/h5-34H,1-4,35-42H2. The molecular weight excluding hydrogens is 741 g/mol. The van der Waals surface area contributed by atoms with Crippen LogP contribution in [-0.4, -0.2) is 26.4 Å². The second-order valence-corrected chi connectivity index (χ2v) is 14.0. The van der Waals surface area contributed by atoms with Crippen molar-refractivity contribution >= 4 is 46.3 Å². The van der Waals surface area contributed by atoms with E-state index in [0.717, 1.165) is 70.9 Å². The van der Waals surface area contributed by atoms with E-state index in [0.29, 0.717) is 26.4 Å². The molecule has 0 unspecified atom stereocenters. The smallest absolute Gasteiger partial charge is 0.0913 e. The molecular formula is C54H54N2O4. The third kappa shape index (κ3) is 12.2. The van der Waals surface area contributed by atoms with Crippen molar-refractivity contribution in [1.29, 1.82) is 0 Å². The van der Waals surface area contributed by atoms with E-state index in [2.05, 4.69) is 194 Å². The normalized spacial score (nSPS) is 10.7. The zero-order valence-corrected chi connectivity index (χ0v) is 34.3. The van der Waals surface area contributed by atoms with Gasteiger partial charge in [0.15, 0.2) is 0 Å². The van der Waals surface area contributed by atoms with Gasteiger partial charge in [0.05, 0.1) is 51.5 Å². The first kappa shape index (κ1) is 42.4. The van der Waals surface area contributed by atoms with Crippen molar-refractivity contribution in [3.63, 3.8) is 0 Å². The Balaban J connectivity index is 1.20. The number of benzene rings is 6. The van der Waals surface area contributed by atoms with Gasteiger partial charge in [-0.2, -0.15) is 0 Å². The first-order valence-corrected chi connectivity index (χ1v) is 20.3. The number of ether oxygens (including phenoxy) is 4. The van der Waals surface area contributed by atoms with Crippen molar-refractivity contribution in [3.8, 4) is 0 Å². The van der Waals surface area contributed by atoms with Crippen molar-refractivity contribution in [2.75, 3.05) is 36.2 Å². The lowest BCUT2D eigenvalue weighted by Gasteiger charge is -2.26. The SMILES string of the molecule is C=COCCc1ccc(N(c2ccc(C=Cc3ccc(N(c4ccc(CCOC=C)cc4)c4ccc(CCOC=C)cc4)cc3)cc2)c2ccc(CCOC=C)cc2)cc1. The molecule has 6 aromatic carbocycles. The highest BCUT2D eigenvalue weighted by molar-refractivity contribution is 5.80. The van der Waals surface area contributed by atoms with Gasteiger partial charge >= 0.3 is 0 Å². The van der Waals surface area contributed by atoms with Crippen LogP contribution in [0.3, 0.4) is 0 Å². The summed E-state index contributed by atoms with van der Waals surface area (Å²) in [5, 5.41) is 0. The van der Waals surface area contributed by atoms with Crippen molar-refractivity contribution in [1.82, 2.24) is 0 Å². The van der Waals surface area contributed by atoms with Gasteiger partial charge in [-0.25, -0.2) is 0 Å². The summed E-state index contributed by atoms with van der Waals surface area (Å²) in [6.07, 6.45) is 13.5. The number of nitrogens with zero attached hydrogens (tertiary/aromatic N) is 2. The van der Waals surface area contributed by atoms with Gasteiger partial charge in [0, 0.05) is 59.8 Å². The van der Waals surface area contributed by atoms with E-state index in [-0.39, 0.29) is 0 Å². The maximum absolute atomic E-state index is 5.36. The van der Waals surface area contributed by atoms with Crippen molar-refractivity contribution in [2.45, 2.75) is 25.7 Å². The molecule has 304 valence electrons. The predicted octanol–water partition coefficient (Wildman–Crippen LogP) is 13.6. The molecule has 0 spiro atoms. The Kier molecular flexibility index (Phi) is 16.0. The fraction of sp³-hybridized carbons (Fsp3) is 0.148. The average molecular weight is 795 g/mol. The summed E-state index contributed by atoms with van der Waals surface area (Å²) < 4.78 is 21.4. The zero-order valence-electron chi connectivity index (χ0n) is 34.3. The molecule has 6 heteroatoms. The Morgan fingerprint density at radius 2 is 0.500 bits per heavy atom. The van der Waals surface area contributed by atoms with E-state index in [9.17, 15) is 0 Å². The largest absolute Gasteiger partial charge is 0.501 e. The number of anilines is 6. The summed E-state index contributed by atoms with van der Waals surface area (Å²) >= 11 is 0. The highest BCUT2D eigenvalue weighted by atomic mass is 16.5. The first-order chi connectivity index (χ1) is 29.6. The van der Waals surface area contributed by atoms with Crippen LogP contribution in [0, 0.1) is 0 Å². The van der Waals surface area contributed by atoms with Gasteiger partial charge in [-0.1, -0.05) is 111 Å². The molecule has 6 nitrogen and oxygen atoms in total. The highest BCUT2D eigenvalue weighted by Gasteiger charge is 2.15. The van der Waals surface area contributed by atoms with Crippen LogP contribution >= 0.6 is 0 Å². The molecule has 0 fully saturated rings. The molecule has 0 atom stereocenters. The Labute approximate surface area is 356 Å². The summed E-state index contributed by atoms with van der Waals surface area (Å²) in [5.41, 5.74) is 13.5. The van der Waals surface area contributed by atoms with E-state index >= 15 is 0 Å². The maximum Gasteiger partial charge on any atom is 0.0913 e. The molecule has 0 aliphatic carbocycles. The minimum Gasteiger partial charge on any atom is -0.501 e. The highest BCUT2D eigenvalue weighted by Crippen LogP contribution is 2.37. The van der Waals surface area contributed by atoms with Gasteiger partial charge < -0.3 is 28.7 Å². The van der Waals surface area contributed by atoms with E-state index in [1.54, 1.807) is 0 Å². The topological polar surface area (TPSA) is 43.4 Å². The van der Waals surface area contributed by atoms with Crippen LogP contribution in [0.5, 0.6) is 0 Å². The number of hydrogen-bond acceptors (Lipinski definition) is 6. The molecule has 0 saturated carbocycles. The third-order valence-electron chi connectivity index (χ3n) is 10.1. The van der Waals surface area contributed by atoms with Gasteiger partial charge in [-0.15, -0.1) is 0 Å². The van der Waals surface area contributed by atoms with Crippen LogP contribution in [0.1, 0.15) is 33.4 Å². The molecule has 0 aromatic heterocycles. The summed E-state index contributed by atoms with van der Waals surface area (Å²) in [5.74, 6) is 0. The Morgan fingerprint density at radius 3 is 0.700 bits per heavy atom. The average Bonchev–Trinajstić information content (AvgIpc) is 3.29. The minimum atomic E-state index is 0.603. The summed E-state index contributed by atoms with van der Waals surface area (Å²) in [4.78, 5) is 4.56. The van der Waals surface area contributed by atoms with Crippen molar-refractivity contribution < 1.29 is 18.9 Å². The van der Waals surface area contributed by atoms with Gasteiger partial charge in [0.1, 0.15) is 0 Å². The Hall–Kier alpha value is -7.18. The van der Waals surface area contributed by atoms with Crippen LogP contribution in [0.4, 0.5) is 34.1 Å². The summed E-state index contributed by atoms with van der Waals surface area (Å²) in [6.45, 7) is 17.0. The fourth-order valence-corrected chi connectivity index (χ4v) is 6.84. The van der Waals surface area contributed by atoms with Crippen LogP contribution in [-0.2, 0) is 44.6 Å². The van der Waals surface area contributed by atoms with Crippen LogP contribution in [0.25, 0.3) is 12.2 Å². The zero-order chi connectivity index (χ0) is 41.8. The fourth-order valence-electron chi connectivity index (χ4n) is 6.84. The van der Waals surface area contributed by atoms with Crippen molar-refractivity contribution in [2.24, 2.45) is 0 Å². The monoisotopic (exact) mass is 794 g/mol. The molecule has 0 heterocycles. The molecule has 6 aromatic rings. The second-order valence-electron chi connectivity index (χ2n) is 14.0. The summed E-state index contributed by atoms with van der Waals surface area (Å²) in [7, 11) is 0. The molecule has 0 aliphatic heterocycles. The Morgan fingerprint density at radius 1 is 0.300 bits per heavy atom. The minimum absolute atomic E-state index is 0.603. The molecule has 0 saturated heterocycles. The predicted molar refractivity (Wildman–Crippen MR) is 251 cm³/mol. The lowest BCUT2D eigenvalue weighted by atomic mass is 10.1. The number of rotatable bonds is 24. The van der Waals surface area contributed by atoms with E-state index in [1.807, 2.05) is 0 Å². The van der Waals surface area contributed by atoms with E-state index in [1.165, 1.54) is 47.3 Å². The van der Waals surface area contributed by atoms with Crippen LogP contribution in [0.15, 0.2) is 197 Å². The number of hydrogen-bond donors (Lipinski definition) is 0. The molecule has 0 radical (unpaired) electrons. The van der Waals surface area contributed by atoms with E-state index in [4.69, 9.17) is 18.9 Å². The van der Waals surface area contributed by atoms with Crippen LogP contribution < -0.4 is 9.80 Å². The van der Waals surface area contributed by atoms with Gasteiger partial charge in [-0.3, -0.25) is 0 Å². The van der Waals surface area contributed by atoms with Gasteiger partial charge in [0.25, 0.3) is 0 Å². The molecule has 0 bridgehead atoms. The van der Waals surface area contributed by atoms with Crippen molar-refractivity contribution in [3.05, 3.63) is 230 Å². The summed E-state index contributed by atoms with van der Waals surface area (Å²) in [6, 6.07) is 52.0. The molecule has 0 aliphatic rings. The lowest BCUT2D eigenvalue weighted by molar-refractivity contribution is 0.255. The first-order valence-electron chi connectivity index (χ1n) is 20.3. The molecule has 6 rings (SSSR count). The van der Waals surface area contributed by atoms with Crippen LogP contribution in [0.2, 0.25) is 0 Å². The second kappa shape index (κ2) is 22.7. The molecule has 0 N–H and O–H groups in total.